The third-order valence-corrected chi connectivity index (χ3v) is 5.32. The van der Waals surface area contributed by atoms with Crippen LogP contribution in [-0.2, 0) is 13.0 Å². The smallest absolute Gasteiger partial charge is 0.127 e. The van der Waals surface area contributed by atoms with Gasteiger partial charge in [0.05, 0.1) is 5.69 Å². The van der Waals surface area contributed by atoms with Gasteiger partial charge in [-0.25, -0.2) is 14.4 Å². The van der Waals surface area contributed by atoms with Gasteiger partial charge >= 0.3 is 0 Å². The van der Waals surface area contributed by atoms with E-state index >= 15 is 0 Å². The van der Waals surface area contributed by atoms with Crippen LogP contribution in [-0.4, -0.2) is 32.9 Å². The number of aromatic nitrogens is 3. The Morgan fingerprint density at radius 3 is 2.61 bits per heavy atom. The van der Waals surface area contributed by atoms with Crippen molar-refractivity contribution in [2.24, 2.45) is 0 Å². The summed E-state index contributed by atoms with van der Waals surface area (Å²) < 4.78 is 13.2. The van der Waals surface area contributed by atoms with Gasteiger partial charge in [-0.2, -0.15) is 0 Å². The Balaban J connectivity index is 1.46. The van der Waals surface area contributed by atoms with Crippen molar-refractivity contribution in [3.05, 3.63) is 77.8 Å². The van der Waals surface area contributed by atoms with Gasteiger partial charge in [-0.05, 0) is 55.8 Å². The quantitative estimate of drug-likeness (QED) is 0.652. The van der Waals surface area contributed by atoms with E-state index in [1.165, 1.54) is 12.1 Å². The van der Waals surface area contributed by atoms with Gasteiger partial charge in [-0.3, -0.25) is 9.88 Å². The number of hydrogen-bond acceptors (Lipinski definition) is 4. The Morgan fingerprint density at radius 1 is 1.07 bits per heavy atom. The second kappa shape index (κ2) is 8.57. The summed E-state index contributed by atoms with van der Waals surface area (Å²) in [6.45, 7) is 5.01. The van der Waals surface area contributed by atoms with Crippen LogP contribution in [0.4, 0.5) is 4.39 Å². The fraction of sp³-hybridized carbons (Fsp3) is 0.348. The van der Waals surface area contributed by atoms with E-state index < -0.39 is 0 Å². The number of rotatable bonds is 5. The van der Waals surface area contributed by atoms with Crippen molar-refractivity contribution in [3.8, 4) is 11.3 Å². The number of benzene rings is 1. The van der Waals surface area contributed by atoms with Gasteiger partial charge in [0.15, 0.2) is 0 Å². The Bertz CT molecular complexity index is 909. The molecule has 1 aliphatic heterocycles. The van der Waals surface area contributed by atoms with E-state index in [2.05, 4.69) is 33.9 Å². The molecule has 0 aliphatic carbocycles. The molecule has 5 heteroatoms. The largest absolute Gasteiger partial charge is 0.298 e. The molecule has 4 nitrogen and oxygen atoms in total. The summed E-state index contributed by atoms with van der Waals surface area (Å²) in [4.78, 5) is 16.2. The highest BCUT2D eigenvalue weighted by atomic mass is 19.1. The van der Waals surface area contributed by atoms with Crippen LogP contribution in [0.3, 0.4) is 0 Å². The van der Waals surface area contributed by atoms with E-state index in [0.29, 0.717) is 5.92 Å². The van der Waals surface area contributed by atoms with Crippen LogP contribution in [0.1, 0.15) is 42.8 Å². The fourth-order valence-electron chi connectivity index (χ4n) is 3.80. The molecule has 1 saturated heterocycles. The number of likely N-dealkylation sites (tertiary alicyclic amines) is 1. The highest BCUT2D eigenvalue weighted by Crippen LogP contribution is 2.28. The predicted molar refractivity (Wildman–Crippen MR) is 108 cm³/mol. The minimum absolute atomic E-state index is 0.223. The SMILES string of the molecule is CCc1ncc(CN2CCCC(c3cccc(-c4ccc(F)cc4)n3)C2)cn1. The first-order valence-corrected chi connectivity index (χ1v) is 9.96. The third-order valence-electron chi connectivity index (χ3n) is 5.32. The molecule has 1 aliphatic rings. The molecule has 4 rings (SSSR count). The van der Waals surface area contributed by atoms with Crippen LogP contribution in [0.15, 0.2) is 54.9 Å². The maximum atomic E-state index is 13.2. The van der Waals surface area contributed by atoms with E-state index in [9.17, 15) is 4.39 Å². The lowest BCUT2D eigenvalue weighted by atomic mass is 9.93. The van der Waals surface area contributed by atoms with Crippen molar-refractivity contribution in [2.45, 2.75) is 38.6 Å². The summed E-state index contributed by atoms with van der Waals surface area (Å²) in [6, 6.07) is 12.7. The molecule has 1 unspecified atom stereocenters. The highest BCUT2D eigenvalue weighted by Gasteiger charge is 2.23. The van der Waals surface area contributed by atoms with Crippen molar-refractivity contribution in [3.63, 3.8) is 0 Å². The Labute approximate surface area is 165 Å². The zero-order valence-electron chi connectivity index (χ0n) is 16.2. The lowest BCUT2D eigenvalue weighted by Crippen LogP contribution is -2.34. The molecular weight excluding hydrogens is 351 g/mol. The van der Waals surface area contributed by atoms with Crippen LogP contribution in [0.25, 0.3) is 11.3 Å². The molecular formula is C23H25FN4. The van der Waals surface area contributed by atoms with E-state index in [4.69, 9.17) is 4.98 Å². The number of hydrogen-bond donors (Lipinski definition) is 0. The van der Waals surface area contributed by atoms with Crippen LogP contribution < -0.4 is 0 Å². The highest BCUT2D eigenvalue weighted by molar-refractivity contribution is 5.59. The van der Waals surface area contributed by atoms with Crippen molar-refractivity contribution >= 4 is 0 Å². The summed E-state index contributed by atoms with van der Waals surface area (Å²) in [5, 5.41) is 0. The molecule has 0 spiro atoms. The molecule has 0 bridgehead atoms. The van der Waals surface area contributed by atoms with Crippen LogP contribution >= 0.6 is 0 Å². The Hall–Kier alpha value is -2.66. The Kier molecular flexibility index (Phi) is 5.72. The number of pyridine rings is 1. The summed E-state index contributed by atoms with van der Waals surface area (Å²) in [5.41, 5.74) is 4.12. The molecule has 144 valence electrons. The molecule has 3 heterocycles. The number of piperidine rings is 1. The first kappa shape index (κ1) is 18.7. The molecule has 2 aromatic heterocycles. The summed E-state index contributed by atoms with van der Waals surface area (Å²) in [7, 11) is 0. The van der Waals surface area contributed by atoms with Gasteiger partial charge in [-0.15, -0.1) is 0 Å². The maximum absolute atomic E-state index is 13.2. The third kappa shape index (κ3) is 4.42. The lowest BCUT2D eigenvalue weighted by Gasteiger charge is -2.32. The van der Waals surface area contributed by atoms with Crippen molar-refractivity contribution < 1.29 is 4.39 Å². The van der Waals surface area contributed by atoms with E-state index in [1.807, 2.05) is 18.5 Å². The topological polar surface area (TPSA) is 41.9 Å². The normalized spacial score (nSPS) is 17.6. The van der Waals surface area contributed by atoms with Gasteiger partial charge in [0.2, 0.25) is 0 Å². The van der Waals surface area contributed by atoms with Gasteiger partial charge in [0.25, 0.3) is 0 Å². The maximum Gasteiger partial charge on any atom is 0.127 e. The van der Waals surface area contributed by atoms with Gasteiger partial charge in [0, 0.05) is 54.6 Å². The number of nitrogens with zero attached hydrogens (tertiary/aromatic N) is 4. The molecule has 28 heavy (non-hydrogen) atoms. The average Bonchev–Trinajstić information content (AvgIpc) is 2.75. The summed E-state index contributed by atoms with van der Waals surface area (Å²) in [6.07, 6.45) is 7.05. The van der Waals surface area contributed by atoms with E-state index in [-0.39, 0.29) is 5.82 Å². The molecule has 3 aromatic rings. The lowest BCUT2D eigenvalue weighted by molar-refractivity contribution is 0.198. The predicted octanol–water partition coefficient (Wildman–Crippen LogP) is 4.62. The minimum atomic E-state index is -0.223. The Morgan fingerprint density at radius 2 is 1.86 bits per heavy atom. The standard InChI is InChI=1S/C23H25FN4/c1-2-23-25-13-17(14-26-23)15-28-12-4-5-19(16-28)22-7-3-6-21(27-22)18-8-10-20(24)11-9-18/h3,6-11,13-14,19H,2,4-5,12,15-16H2,1H3. The number of aryl methyl sites for hydroxylation is 1. The second-order valence-corrected chi connectivity index (χ2v) is 7.39. The number of halogens is 1. The van der Waals surface area contributed by atoms with Crippen LogP contribution in [0.2, 0.25) is 0 Å². The summed E-state index contributed by atoms with van der Waals surface area (Å²) in [5.74, 6) is 1.07. The van der Waals surface area contributed by atoms with Gasteiger partial charge in [0.1, 0.15) is 11.6 Å². The first-order chi connectivity index (χ1) is 13.7. The van der Waals surface area contributed by atoms with Crippen molar-refractivity contribution in [1.82, 2.24) is 19.9 Å². The molecule has 0 saturated carbocycles. The molecule has 1 atom stereocenters. The fourth-order valence-corrected chi connectivity index (χ4v) is 3.80. The second-order valence-electron chi connectivity index (χ2n) is 7.39. The van der Waals surface area contributed by atoms with Crippen LogP contribution in [0.5, 0.6) is 0 Å². The molecule has 1 fully saturated rings. The van der Waals surface area contributed by atoms with E-state index in [1.54, 1.807) is 12.1 Å². The summed E-state index contributed by atoms with van der Waals surface area (Å²) >= 11 is 0. The zero-order chi connectivity index (χ0) is 19.3. The average molecular weight is 376 g/mol. The van der Waals surface area contributed by atoms with Crippen LogP contribution in [0, 0.1) is 5.82 Å². The molecule has 0 radical (unpaired) electrons. The molecule has 0 amide bonds. The first-order valence-electron chi connectivity index (χ1n) is 9.96. The van der Waals surface area contributed by atoms with Crippen molar-refractivity contribution in [2.75, 3.05) is 13.1 Å². The van der Waals surface area contributed by atoms with Gasteiger partial charge < -0.3 is 0 Å². The van der Waals surface area contributed by atoms with E-state index in [0.717, 1.165) is 67.2 Å². The molecule has 0 N–H and O–H groups in total. The zero-order valence-corrected chi connectivity index (χ0v) is 16.2. The monoisotopic (exact) mass is 376 g/mol. The van der Waals surface area contributed by atoms with Gasteiger partial charge in [-0.1, -0.05) is 13.0 Å². The minimum Gasteiger partial charge on any atom is -0.298 e. The van der Waals surface area contributed by atoms with Crippen molar-refractivity contribution in [1.29, 1.82) is 0 Å². The molecule has 1 aromatic carbocycles.